The number of nitrogens with one attached hydrogen (secondary N) is 1. The lowest BCUT2D eigenvalue weighted by molar-refractivity contribution is -0.138. The smallest absolute Gasteiger partial charge is 0.293 e. The third-order valence-electron chi connectivity index (χ3n) is 3.03. The zero-order valence-corrected chi connectivity index (χ0v) is 12.5. The average Bonchev–Trinajstić information content (AvgIpc) is 2.27. The summed E-state index contributed by atoms with van der Waals surface area (Å²) in [7, 11) is 0. The number of ether oxygens (including phenoxy) is 1. The molecule has 0 aromatic rings. The molecule has 0 amide bonds. The maximum Gasteiger partial charge on any atom is 0.293 e. The molecule has 1 aliphatic rings. The molecule has 0 spiro atoms. The molecule has 18 heavy (non-hydrogen) atoms. The van der Waals surface area contributed by atoms with Crippen molar-refractivity contribution in [1.82, 2.24) is 5.32 Å². The fourth-order valence-electron chi connectivity index (χ4n) is 2.01. The van der Waals surface area contributed by atoms with E-state index in [1.54, 1.807) is 0 Å². The Bertz CT molecular complexity index is 214. The molecule has 1 heterocycles. The lowest BCUT2D eigenvalue weighted by Crippen LogP contribution is -2.49. The first-order valence-corrected chi connectivity index (χ1v) is 6.95. The summed E-state index contributed by atoms with van der Waals surface area (Å²) in [4.78, 5) is 9.60. The number of piperidine rings is 1. The summed E-state index contributed by atoms with van der Waals surface area (Å²) in [5, 5.41) is 3.60. The summed E-state index contributed by atoms with van der Waals surface area (Å²) in [5.41, 5.74) is 5.61. The Labute approximate surface area is 112 Å². The molecule has 4 heteroatoms. The minimum absolute atomic E-state index is 0.318. The Hall–Kier alpha value is -0.610. The number of nitrogens with two attached hydrogens (primary N) is 1. The van der Waals surface area contributed by atoms with E-state index in [-0.39, 0.29) is 5.60 Å². The third kappa shape index (κ3) is 8.48. The Balaban J connectivity index is 0.000000360. The van der Waals surface area contributed by atoms with Crippen LogP contribution in [0, 0.1) is 0 Å². The molecule has 2 atom stereocenters. The van der Waals surface area contributed by atoms with Crippen LogP contribution in [0.1, 0.15) is 60.3 Å². The van der Waals surface area contributed by atoms with Crippen molar-refractivity contribution in [1.29, 1.82) is 0 Å². The van der Waals surface area contributed by atoms with E-state index >= 15 is 0 Å². The molecule has 3 N–H and O–H groups in total. The quantitative estimate of drug-likeness (QED) is 0.762. The second kappa shape index (κ2) is 8.48. The molecule has 1 aliphatic heterocycles. The zero-order chi connectivity index (χ0) is 14.2. The second-order valence-corrected chi connectivity index (χ2v) is 5.93. The van der Waals surface area contributed by atoms with Gasteiger partial charge in [0.1, 0.15) is 5.60 Å². The summed E-state index contributed by atoms with van der Waals surface area (Å²) in [6, 6.07) is 1.78. The van der Waals surface area contributed by atoms with Crippen LogP contribution < -0.4 is 11.1 Å². The first-order valence-electron chi connectivity index (χ1n) is 6.95. The molecule has 0 radical (unpaired) electrons. The molecular formula is C14H30N2O2. The van der Waals surface area contributed by atoms with Gasteiger partial charge in [-0.3, -0.25) is 4.79 Å². The predicted octanol–water partition coefficient (Wildman–Crippen LogP) is 2.21. The summed E-state index contributed by atoms with van der Waals surface area (Å²) in [6.07, 6.45) is 4.74. The predicted molar refractivity (Wildman–Crippen MR) is 75.4 cm³/mol. The van der Waals surface area contributed by atoms with Gasteiger partial charge in [0, 0.05) is 18.1 Å². The highest BCUT2D eigenvalue weighted by molar-refractivity contribution is 5.37. The van der Waals surface area contributed by atoms with Crippen molar-refractivity contribution < 1.29 is 9.53 Å². The van der Waals surface area contributed by atoms with Gasteiger partial charge in [0.2, 0.25) is 0 Å². The lowest BCUT2D eigenvalue weighted by atomic mass is 9.92. The van der Waals surface area contributed by atoms with E-state index in [4.69, 9.17) is 5.73 Å². The number of carbonyl (C=O) groups excluding carboxylic acids is 1. The van der Waals surface area contributed by atoms with Gasteiger partial charge in [-0.2, -0.15) is 0 Å². The minimum atomic E-state index is -0.318. The normalized spacial score (nSPS) is 28.0. The summed E-state index contributed by atoms with van der Waals surface area (Å²) in [6.45, 7) is 10.4. The zero-order valence-electron chi connectivity index (χ0n) is 12.5. The van der Waals surface area contributed by atoms with Crippen molar-refractivity contribution in [2.24, 2.45) is 5.73 Å². The molecule has 108 valence electrons. The molecule has 0 saturated carbocycles. The van der Waals surface area contributed by atoms with Gasteiger partial charge in [-0.05, 0) is 46.5 Å². The van der Waals surface area contributed by atoms with Crippen molar-refractivity contribution in [3.05, 3.63) is 0 Å². The minimum Gasteiger partial charge on any atom is -0.462 e. The molecule has 2 unspecified atom stereocenters. The van der Waals surface area contributed by atoms with Crippen LogP contribution in [0.2, 0.25) is 0 Å². The van der Waals surface area contributed by atoms with E-state index in [2.05, 4.69) is 23.9 Å². The van der Waals surface area contributed by atoms with Crippen LogP contribution in [0.3, 0.4) is 0 Å². The van der Waals surface area contributed by atoms with E-state index < -0.39 is 0 Å². The number of hydrogen-bond acceptors (Lipinski definition) is 4. The average molecular weight is 258 g/mol. The third-order valence-corrected chi connectivity index (χ3v) is 3.03. The van der Waals surface area contributed by atoms with E-state index in [0.717, 1.165) is 12.8 Å². The number of carbonyl (C=O) groups is 1. The van der Waals surface area contributed by atoms with Gasteiger partial charge in [0.25, 0.3) is 6.47 Å². The highest BCUT2D eigenvalue weighted by atomic mass is 16.5. The summed E-state index contributed by atoms with van der Waals surface area (Å²) >= 11 is 0. The van der Waals surface area contributed by atoms with Crippen molar-refractivity contribution in [2.45, 2.75) is 84.0 Å². The van der Waals surface area contributed by atoms with Crippen LogP contribution in [-0.4, -0.2) is 30.2 Å². The second-order valence-electron chi connectivity index (χ2n) is 5.93. The molecule has 0 bridgehead atoms. The van der Waals surface area contributed by atoms with E-state index in [9.17, 15) is 4.79 Å². The first kappa shape index (κ1) is 17.4. The monoisotopic (exact) mass is 258 g/mol. The summed E-state index contributed by atoms with van der Waals surface area (Å²) < 4.78 is 4.55. The van der Waals surface area contributed by atoms with E-state index in [1.165, 1.54) is 12.8 Å². The van der Waals surface area contributed by atoms with Crippen LogP contribution in [0.25, 0.3) is 0 Å². The fraction of sp³-hybridized carbons (Fsp3) is 0.929. The standard InChI is InChI=1S/C9H20N2.C5H10O2/c1-3-8-5-7(10)6-9(4-2)11-8;1-5(2,3)7-4-6/h7-9,11H,3-6,10H2,1-2H3;4H,1-3H3. The first-order chi connectivity index (χ1) is 8.32. The molecule has 0 aromatic carbocycles. The highest BCUT2D eigenvalue weighted by Gasteiger charge is 2.23. The SMILES string of the molecule is CC(C)(C)OC=O.CCC1CC(N)CC(CC)N1. The van der Waals surface area contributed by atoms with Crippen LogP contribution >= 0.6 is 0 Å². The number of rotatable bonds is 3. The highest BCUT2D eigenvalue weighted by Crippen LogP contribution is 2.15. The molecule has 0 aromatic heterocycles. The van der Waals surface area contributed by atoms with Crippen LogP contribution in [-0.2, 0) is 9.53 Å². The van der Waals surface area contributed by atoms with Crippen molar-refractivity contribution in [3.63, 3.8) is 0 Å². The Kier molecular flexibility index (Phi) is 8.20. The lowest BCUT2D eigenvalue weighted by Gasteiger charge is -2.33. The van der Waals surface area contributed by atoms with Crippen molar-refractivity contribution in [2.75, 3.05) is 0 Å². The molecule has 1 saturated heterocycles. The molecule has 4 nitrogen and oxygen atoms in total. The van der Waals surface area contributed by atoms with Gasteiger partial charge >= 0.3 is 0 Å². The maximum absolute atomic E-state index is 9.60. The van der Waals surface area contributed by atoms with Crippen molar-refractivity contribution >= 4 is 6.47 Å². The van der Waals surface area contributed by atoms with Gasteiger partial charge in [-0.15, -0.1) is 0 Å². The van der Waals surface area contributed by atoms with Gasteiger partial charge in [0.05, 0.1) is 0 Å². The molecule has 1 rings (SSSR count). The van der Waals surface area contributed by atoms with Crippen LogP contribution in [0.15, 0.2) is 0 Å². The van der Waals surface area contributed by atoms with Gasteiger partial charge in [0.15, 0.2) is 0 Å². The van der Waals surface area contributed by atoms with Gasteiger partial charge in [-0.1, -0.05) is 13.8 Å². The Morgan fingerprint density at radius 2 is 1.67 bits per heavy atom. The molecular weight excluding hydrogens is 228 g/mol. The Morgan fingerprint density at radius 1 is 1.22 bits per heavy atom. The van der Waals surface area contributed by atoms with E-state index in [1.807, 2.05) is 20.8 Å². The summed E-state index contributed by atoms with van der Waals surface area (Å²) in [5.74, 6) is 0. The van der Waals surface area contributed by atoms with Crippen LogP contribution in [0.5, 0.6) is 0 Å². The Morgan fingerprint density at radius 3 is 1.89 bits per heavy atom. The molecule has 1 fully saturated rings. The van der Waals surface area contributed by atoms with E-state index in [0.29, 0.717) is 24.6 Å². The largest absolute Gasteiger partial charge is 0.462 e. The van der Waals surface area contributed by atoms with Crippen molar-refractivity contribution in [3.8, 4) is 0 Å². The maximum atomic E-state index is 9.60. The molecule has 0 aliphatic carbocycles. The number of hydrogen-bond donors (Lipinski definition) is 2. The fourth-order valence-corrected chi connectivity index (χ4v) is 2.01. The van der Waals surface area contributed by atoms with Crippen LogP contribution in [0.4, 0.5) is 0 Å². The van der Waals surface area contributed by atoms with Gasteiger partial charge in [-0.25, -0.2) is 0 Å². The topological polar surface area (TPSA) is 64.3 Å². The van der Waals surface area contributed by atoms with Gasteiger partial charge < -0.3 is 15.8 Å².